The summed E-state index contributed by atoms with van der Waals surface area (Å²) in [4.78, 5) is 41.6. The predicted molar refractivity (Wildman–Crippen MR) is 133 cm³/mol. The SMILES string of the molecule is CC(=O)Nc1c2n(c3ccc(F)cc13)C[C@](C)(C(=O)NC1CCCC1)N(c1ccc(C)cc1)C2=O. The van der Waals surface area contributed by atoms with E-state index in [4.69, 9.17) is 0 Å². The first kappa shape index (κ1) is 23.1. The van der Waals surface area contributed by atoms with Crippen LogP contribution >= 0.6 is 0 Å². The molecule has 1 aliphatic carbocycles. The minimum Gasteiger partial charge on any atom is -0.351 e. The predicted octanol–water partition coefficient (Wildman–Crippen LogP) is 4.53. The molecule has 0 spiro atoms. The number of hydrogen-bond acceptors (Lipinski definition) is 3. The minimum absolute atomic E-state index is 0.0844. The maximum atomic E-state index is 14.2. The molecule has 3 amide bonds. The van der Waals surface area contributed by atoms with Crippen LogP contribution in [-0.2, 0) is 16.1 Å². The van der Waals surface area contributed by atoms with Crippen molar-refractivity contribution in [3.8, 4) is 0 Å². The van der Waals surface area contributed by atoms with Crippen LogP contribution in [0, 0.1) is 12.7 Å². The first-order chi connectivity index (χ1) is 16.7. The topological polar surface area (TPSA) is 83.4 Å². The number of halogens is 1. The van der Waals surface area contributed by atoms with Crippen LogP contribution in [0.3, 0.4) is 0 Å². The van der Waals surface area contributed by atoms with E-state index in [-0.39, 0.29) is 35.8 Å². The summed E-state index contributed by atoms with van der Waals surface area (Å²) < 4.78 is 16.0. The Bertz CT molecular complexity index is 1340. The van der Waals surface area contributed by atoms with Gasteiger partial charge in [-0.25, -0.2) is 4.39 Å². The van der Waals surface area contributed by atoms with Crippen molar-refractivity contribution in [1.29, 1.82) is 0 Å². The minimum atomic E-state index is -1.24. The van der Waals surface area contributed by atoms with Crippen LogP contribution in [0.2, 0.25) is 0 Å². The zero-order valence-corrected chi connectivity index (χ0v) is 20.2. The van der Waals surface area contributed by atoms with Crippen molar-refractivity contribution < 1.29 is 18.8 Å². The number of aryl methyl sites for hydroxylation is 1. The fourth-order valence-electron chi connectivity index (χ4n) is 5.41. The highest BCUT2D eigenvalue weighted by molar-refractivity contribution is 6.20. The maximum Gasteiger partial charge on any atom is 0.278 e. The molecule has 2 aliphatic rings. The van der Waals surface area contributed by atoms with Gasteiger partial charge in [-0.1, -0.05) is 30.5 Å². The Morgan fingerprint density at radius 2 is 1.77 bits per heavy atom. The molecule has 7 nitrogen and oxygen atoms in total. The number of aromatic nitrogens is 1. The molecule has 182 valence electrons. The van der Waals surface area contributed by atoms with Crippen molar-refractivity contribution in [2.75, 3.05) is 10.2 Å². The van der Waals surface area contributed by atoms with Crippen molar-refractivity contribution in [3.05, 3.63) is 59.5 Å². The van der Waals surface area contributed by atoms with Crippen LogP contribution in [0.5, 0.6) is 0 Å². The molecule has 5 rings (SSSR count). The molecule has 8 heteroatoms. The van der Waals surface area contributed by atoms with E-state index >= 15 is 0 Å². The smallest absolute Gasteiger partial charge is 0.278 e. The van der Waals surface area contributed by atoms with Gasteiger partial charge in [-0.05, 0) is 57.0 Å². The maximum absolute atomic E-state index is 14.2. The number of nitrogens with one attached hydrogen (secondary N) is 2. The summed E-state index contributed by atoms with van der Waals surface area (Å²) in [5, 5.41) is 6.33. The number of carbonyl (C=O) groups excluding carboxylic acids is 3. The first-order valence-electron chi connectivity index (χ1n) is 12.0. The molecular weight excluding hydrogens is 447 g/mol. The molecule has 1 atom stereocenters. The third kappa shape index (κ3) is 3.87. The summed E-state index contributed by atoms with van der Waals surface area (Å²) in [6.07, 6.45) is 3.98. The second-order valence-electron chi connectivity index (χ2n) is 9.86. The van der Waals surface area contributed by atoms with Crippen molar-refractivity contribution in [2.45, 2.75) is 64.6 Å². The number of anilines is 2. The Kier molecular flexibility index (Phi) is 5.62. The highest BCUT2D eigenvalue weighted by atomic mass is 19.1. The van der Waals surface area contributed by atoms with Crippen molar-refractivity contribution >= 4 is 40.0 Å². The fourth-order valence-corrected chi connectivity index (χ4v) is 5.41. The molecule has 0 bridgehead atoms. The van der Waals surface area contributed by atoms with Gasteiger partial charge in [0.2, 0.25) is 11.8 Å². The van der Waals surface area contributed by atoms with E-state index in [0.29, 0.717) is 16.6 Å². The van der Waals surface area contributed by atoms with Gasteiger partial charge in [0.1, 0.15) is 17.1 Å². The molecule has 1 aromatic heterocycles. The van der Waals surface area contributed by atoms with E-state index in [1.165, 1.54) is 24.0 Å². The third-order valence-corrected chi connectivity index (χ3v) is 7.16. The largest absolute Gasteiger partial charge is 0.351 e. The molecule has 35 heavy (non-hydrogen) atoms. The van der Waals surface area contributed by atoms with E-state index in [0.717, 1.165) is 31.2 Å². The normalized spacial score (nSPS) is 20.2. The summed E-state index contributed by atoms with van der Waals surface area (Å²) in [6, 6.07) is 11.7. The lowest BCUT2D eigenvalue weighted by atomic mass is 9.93. The van der Waals surface area contributed by atoms with Crippen molar-refractivity contribution in [3.63, 3.8) is 0 Å². The summed E-state index contributed by atoms with van der Waals surface area (Å²) in [6.45, 7) is 5.22. The zero-order valence-electron chi connectivity index (χ0n) is 20.2. The molecular formula is C27H29FN4O3. The summed E-state index contributed by atoms with van der Waals surface area (Å²) in [7, 11) is 0. The third-order valence-electron chi connectivity index (χ3n) is 7.16. The lowest BCUT2D eigenvalue weighted by Gasteiger charge is -2.44. The van der Waals surface area contributed by atoms with E-state index in [1.807, 2.05) is 31.2 Å². The average Bonchev–Trinajstić information content (AvgIpc) is 3.41. The molecule has 1 aliphatic heterocycles. The van der Waals surface area contributed by atoms with Crippen molar-refractivity contribution in [1.82, 2.24) is 9.88 Å². The number of carbonyl (C=O) groups is 3. The molecule has 0 unspecified atom stereocenters. The molecule has 2 heterocycles. The quantitative estimate of drug-likeness (QED) is 0.581. The fraction of sp³-hybridized carbons (Fsp3) is 0.370. The molecule has 2 N–H and O–H groups in total. The van der Waals surface area contributed by atoms with E-state index in [2.05, 4.69) is 10.6 Å². The van der Waals surface area contributed by atoms with Gasteiger partial charge < -0.3 is 15.2 Å². The monoisotopic (exact) mass is 476 g/mol. The lowest BCUT2D eigenvalue weighted by Crippen LogP contribution is -2.65. The van der Waals surface area contributed by atoms with Gasteiger partial charge in [-0.2, -0.15) is 0 Å². The Morgan fingerprint density at radius 1 is 1.09 bits per heavy atom. The Labute approximate surface area is 203 Å². The summed E-state index contributed by atoms with van der Waals surface area (Å²) >= 11 is 0. The number of rotatable bonds is 4. The van der Waals surface area contributed by atoms with Gasteiger partial charge in [0.15, 0.2) is 0 Å². The number of amides is 3. The second-order valence-corrected chi connectivity index (χ2v) is 9.86. The van der Waals surface area contributed by atoms with E-state index < -0.39 is 17.3 Å². The van der Waals surface area contributed by atoms with Crippen molar-refractivity contribution in [2.24, 2.45) is 0 Å². The number of nitrogens with zero attached hydrogens (tertiary/aromatic N) is 2. The van der Waals surface area contributed by atoms with Gasteiger partial charge in [0.25, 0.3) is 5.91 Å². The molecule has 0 saturated heterocycles. The highest BCUT2D eigenvalue weighted by Gasteiger charge is 2.50. The molecule has 1 fully saturated rings. The Balaban J connectivity index is 1.71. The number of benzene rings is 2. The first-order valence-corrected chi connectivity index (χ1v) is 12.0. The molecule has 0 radical (unpaired) electrons. The zero-order chi connectivity index (χ0) is 24.9. The van der Waals surface area contributed by atoms with Gasteiger partial charge in [-0.15, -0.1) is 0 Å². The standard InChI is InChI=1S/C27H29FN4O3/c1-16-8-11-20(12-9-16)32-25(34)24-23(29-17(2)33)21-14-18(28)10-13-22(21)31(24)15-27(32,3)26(35)30-19-6-4-5-7-19/h8-14,19H,4-7,15H2,1-3H3,(H,29,33)(H,30,35)/t27-/m1/s1. The van der Waals surface area contributed by atoms with Gasteiger partial charge in [0, 0.05) is 24.0 Å². The van der Waals surface area contributed by atoms with Crippen LogP contribution in [0.1, 0.15) is 55.6 Å². The number of fused-ring (bicyclic) bond motifs is 3. The van der Waals surface area contributed by atoms with E-state index in [9.17, 15) is 18.8 Å². The van der Waals surface area contributed by atoms with Gasteiger partial charge in [0.05, 0.1) is 17.7 Å². The van der Waals surface area contributed by atoms with Gasteiger partial charge >= 0.3 is 0 Å². The highest BCUT2D eigenvalue weighted by Crippen LogP contribution is 2.41. The molecule has 3 aromatic rings. The summed E-state index contributed by atoms with van der Waals surface area (Å²) in [5.74, 6) is -1.50. The second kappa shape index (κ2) is 8.52. The van der Waals surface area contributed by atoms with Crippen LogP contribution in [-0.4, -0.2) is 33.9 Å². The van der Waals surface area contributed by atoms with E-state index in [1.54, 1.807) is 17.6 Å². The lowest BCUT2D eigenvalue weighted by molar-refractivity contribution is -0.127. The van der Waals surface area contributed by atoms with Crippen LogP contribution in [0.15, 0.2) is 42.5 Å². The number of hydrogen-bond donors (Lipinski definition) is 2. The Hall–Kier alpha value is -3.68. The van der Waals surface area contributed by atoms with Gasteiger partial charge in [-0.3, -0.25) is 19.3 Å². The Morgan fingerprint density at radius 3 is 2.43 bits per heavy atom. The molecule has 1 saturated carbocycles. The average molecular weight is 477 g/mol. The van der Waals surface area contributed by atoms with Crippen LogP contribution in [0.4, 0.5) is 15.8 Å². The van der Waals surface area contributed by atoms with Crippen LogP contribution in [0.25, 0.3) is 10.9 Å². The summed E-state index contributed by atoms with van der Waals surface area (Å²) in [5.41, 5.74) is 1.44. The van der Waals surface area contributed by atoms with Crippen LogP contribution < -0.4 is 15.5 Å². The molecule has 2 aromatic carbocycles.